The molecule has 1 aliphatic rings. The normalized spacial score (nSPS) is 12.9. The molecule has 2 amide bonds. The molecule has 2 rings (SSSR count). The molecule has 0 saturated heterocycles. The first-order chi connectivity index (χ1) is 13.5. The smallest absolute Gasteiger partial charge is 0.331 e. The van der Waals surface area contributed by atoms with E-state index in [1.807, 2.05) is 6.92 Å². The van der Waals surface area contributed by atoms with Crippen molar-refractivity contribution in [3.8, 4) is 11.5 Å². The number of fused-ring (bicyclic) bond motifs is 1. The van der Waals surface area contributed by atoms with E-state index in [-0.39, 0.29) is 12.5 Å². The molecule has 0 atom stereocenters. The standard InChI is InChI=1S/C19H23ClN2O6/c1-2-6-21-16(23)11-22-17(24)12-28-18(25)5-4-13-9-14(20)19-15(10-13)26-7-3-8-27-19/h4-5,9-10H,2-3,6-8,11-12H2,1H3,(H,21,23)(H,22,24)/b5-4+. The molecule has 8 nitrogen and oxygen atoms in total. The van der Waals surface area contributed by atoms with Gasteiger partial charge in [-0.1, -0.05) is 18.5 Å². The fraction of sp³-hybridized carbons (Fsp3) is 0.421. The van der Waals surface area contributed by atoms with E-state index in [9.17, 15) is 14.4 Å². The third-order valence-corrected chi connectivity index (χ3v) is 3.88. The highest BCUT2D eigenvalue weighted by molar-refractivity contribution is 6.32. The maximum Gasteiger partial charge on any atom is 0.331 e. The van der Waals surface area contributed by atoms with Crippen LogP contribution in [-0.4, -0.2) is 50.7 Å². The van der Waals surface area contributed by atoms with Crippen LogP contribution in [0.4, 0.5) is 0 Å². The first-order valence-corrected chi connectivity index (χ1v) is 9.34. The topological polar surface area (TPSA) is 103 Å². The average molecular weight is 411 g/mol. The predicted molar refractivity (Wildman–Crippen MR) is 103 cm³/mol. The van der Waals surface area contributed by atoms with Gasteiger partial charge in [-0.3, -0.25) is 9.59 Å². The number of halogens is 1. The third kappa shape index (κ3) is 7.11. The van der Waals surface area contributed by atoms with Crippen LogP contribution in [0.3, 0.4) is 0 Å². The highest BCUT2D eigenvalue weighted by Crippen LogP contribution is 2.38. The Morgan fingerprint density at radius 1 is 1.18 bits per heavy atom. The van der Waals surface area contributed by atoms with Crippen LogP contribution in [0.1, 0.15) is 25.3 Å². The highest BCUT2D eigenvalue weighted by atomic mass is 35.5. The fourth-order valence-corrected chi connectivity index (χ4v) is 2.53. The van der Waals surface area contributed by atoms with E-state index in [1.165, 1.54) is 12.2 Å². The van der Waals surface area contributed by atoms with Gasteiger partial charge in [-0.2, -0.15) is 0 Å². The number of hydrogen-bond acceptors (Lipinski definition) is 6. The van der Waals surface area contributed by atoms with Crippen LogP contribution in [0.2, 0.25) is 5.02 Å². The Balaban J connectivity index is 1.80. The summed E-state index contributed by atoms with van der Waals surface area (Å²) in [5.74, 6) is -0.564. The molecule has 9 heteroatoms. The lowest BCUT2D eigenvalue weighted by molar-refractivity contribution is -0.143. The van der Waals surface area contributed by atoms with Crippen LogP contribution in [0, 0.1) is 0 Å². The van der Waals surface area contributed by atoms with Crippen LogP contribution in [0.25, 0.3) is 6.08 Å². The lowest BCUT2D eigenvalue weighted by Crippen LogP contribution is -2.38. The molecule has 2 N–H and O–H groups in total. The van der Waals surface area contributed by atoms with Crippen LogP contribution < -0.4 is 20.1 Å². The van der Waals surface area contributed by atoms with Crippen molar-refractivity contribution in [2.75, 3.05) is 32.9 Å². The van der Waals surface area contributed by atoms with Gasteiger partial charge in [-0.25, -0.2) is 4.79 Å². The van der Waals surface area contributed by atoms with E-state index in [2.05, 4.69) is 10.6 Å². The Hall–Kier alpha value is -2.74. The number of esters is 1. The lowest BCUT2D eigenvalue weighted by Gasteiger charge is -2.10. The van der Waals surface area contributed by atoms with E-state index in [0.717, 1.165) is 12.8 Å². The Kier molecular flexibility index (Phi) is 8.61. The molecule has 0 bridgehead atoms. The Morgan fingerprint density at radius 2 is 1.96 bits per heavy atom. The molecular formula is C19H23ClN2O6. The summed E-state index contributed by atoms with van der Waals surface area (Å²) in [6.07, 6.45) is 4.23. The summed E-state index contributed by atoms with van der Waals surface area (Å²) < 4.78 is 16.0. The zero-order chi connectivity index (χ0) is 20.4. The number of carbonyl (C=O) groups is 3. The molecule has 0 saturated carbocycles. The van der Waals surface area contributed by atoms with Crippen molar-refractivity contribution < 1.29 is 28.6 Å². The van der Waals surface area contributed by atoms with Crippen molar-refractivity contribution in [3.63, 3.8) is 0 Å². The van der Waals surface area contributed by atoms with Gasteiger partial charge in [-0.15, -0.1) is 0 Å². The second-order valence-electron chi connectivity index (χ2n) is 5.95. The Bertz CT molecular complexity index is 750. The van der Waals surface area contributed by atoms with Crippen LogP contribution >= 0.6 is 11.6 Å². The lowest BCUT2D eigenvalue weighted by atomic mass is 10.2. The average Bonchev–Trinajstić information content (AvgIpc) is 2.93. The zero-order valence-corrected chi connectivity index (χ0v) is 16.3. The van der Waals surface area contributed by atoms with Crippen LogP contribution in [0.15, 0.2) is 18.2 Å². The number of nitrogens with one attached hydrogen (secondary N) is 2. The molecule has 0 spiro atoms. The second kappa shape index (κ2) is 11.2. The van der Waals surface area contributed by atoms with Gasteiger partial charge in [0, 0.05) is 19.0 Å². The quantitative estimate of drug-likeness (QED) is 0.499. The first-order valence-electron chi connectivity index (χ1n) is 8.97. The van der Waals surface area contributed by atoms with Crippen molar-refractivity contribution in [2.45, 2.75) is 19.8 Å². The van der Waals surface area contributed by atoms with Crippen molar-refractivity contribution in [1.82, 2.24) is 10.6 Å². The summed E-state index contributed by atoms with van der Waals surface area (Å²) in [6, 6.07) is 3.35. The van der Waals surface area contributed by atoms with E-state index in [1.54, 1.807) is 12.1 Å². The number of amides is 2. The van der Waals surface area contributed by atoms with Crippen LogP contribution in [-0.2, 0) is 19.1 Å². The summed E-state index contributed by atoms with van der Waals surface area (Å²) in [7, 11) is 0. The summed E-state index contributed by atoms with van der Waals surface area (Å²) in [5, 5.41) is 5.37. The molecule has 1 aromatic carbocycles. The molecule has 0 radical (unpaired) electrons. The molecule has 28 heavy (non-hydrogen) atoms. The van der Waals surface area contributed by atoms with Crippen molar-refractivity contribution >= 4 is 35.5 Å². The molecule has 0 aromatic heterocycles. The number of benzene rings is 1. The second-order valence-corrected chi connectivity index (χ2v) is 6.36. The zero-order valence-electron chi connectivity index (χ0n) is 15.6. The van der Waals surface area contributed by atoms with E-state index in [0.29, 0.717) is 41.8 Å². The Labute approximate surface area is 168 Å². The van der Waals surface area contributed by atoms with Gasteiger partial charge >= 0.3 is 5.97 Å². The molecule has 0 unspecified atom stereocenters. The minimum atomic E-state index is -0.700. The molecule has 152 valence electrons. The van der Waals surface area contributed by atoms with Gasteiger partial charge in [0.05, 0.1) is 24.8 Å². The number of ether oxygens (including phenoxy) is 3. The minimum absolute atomic E-state index is 0.165. The monoisotopic (exact) mass is 410 g/mol. The van der Waals surface area contributed by atoms with Crippen molar-refractivity contribution in [2.24, 2.45) is 0 Å². The van der Waals surface area contributed by atoms with Gasteiger partial charge in [0.1, 0.15) is 0 Å². The van der Waals surface area contributed by atoms with E-state index >= 15 is 0 Å². The van der Waals surface area contributed by atoms with Gasteiger partial charge < -0.3 is 24.8 Å². The van der Waals surface area contributed by atoms with Gasteiger partial charge in [0.2, 0.25) is 5.91 Å². The number of rotatable bonds is 8. The highest BCUT2D eigenvalue weighted by Gasteiger charge is 2.15. The molecule has 0 fully saturated rings. The number of carbonyl (C=O) groups excluding carboxylic acids is 3. The first kappa shape index (κ1) is 21.6. The van der Waals surface area contributed by atoms with Crippen LogP contribution in [0.5, 0.6) is 11.5 Å². The third-order valence-electron chi connectivity index (χ3n) is 3.60. The molecule has 1 aromatic rings. The Morgan fingerprint density at radius 3 is 2.75 bits per heavy atom. The van der Waals surface area contributed by atoms with Crippen molar-refractivity contribution in [1.29, 1.82) is 0 Å². The largest absolute Gasteiger partial charge is 0.489 e. The SMILES string of the molecule is CCCNC(=O)CNC(=O)COC(=O)/C=C/c1cc(Cl)c2c(c1)OCCCO2. The van der Waals surface area contributed by atoms with Gasteiger partial charge in [0.15, 0.2) is 18.1 Å². The molecular weight excluding hydrogens is 388 g/mol. The summed E-state index contributed by atoms with van der Waals surface area (Å²) in [6.45, 7) is 2.86. The maximum absolute atomic E-state index is 11.8. The summed E-state index contributed by atoms with van der Waals surface area (Å²) in [4.78, 5) is 34.7. The summed E-state index contributed by atoms with van der Waals surface area (Å²) >= 11 is 6.19. The molecule has 1 heterocycles. The summed E-state index contributed by atoms with van der Waals surface area (Å²) in [5.41, 5.74) is 0.628. The maximum atomic E-state index is 11.8. The van der Waals surface area contributed by atoms with E-state index < -0.39 is 18.5 Å². The van der Waals surface area contributed by atoms with E-state index in [4.69, 9.17) is 25.8 Å². The minimum Gasteiger partial charge on any atom is -0.489 e. The van der Waals surface area contributed by atoms with Gasteiger partial charge in [0.25, 0.3) is 5.91 Å². The van der Waals surface area contributed by atoms with Gasteiger partial charge in [-0.05, 0) is 30.2 Å². The predicted octanol–water partition coefficient (Wildman–Crippen LogP) is 1.70. The molecule has 0 aliphatic carbocycles. The number of hydrogen-bond donors (Lipinski definition) is 2. The fourth-order valence-electron chi connectivity index (χ4n) is 2.25. The molecule has 1 aliphatic heterocycles. The van der Waals surface area contributed by atoms with Crippen molar-refractivity contribution in [3.05, 3.63) is 28.8 Å².